The molecular weight excluding hydrogens is 266 g/mol. The first-order valence-corrected chi connectivity index (χ1v) is 6.87. The van der Waals surface area contributed by atoms with Gasteiger partial charge in [0.15, 0.2) is 0 Å². The fourth-order valence-electron chi connectivity index (χ4n) is 3.08. The van der Waals surface area contributed by atoms with Gasteiger partial charge in [-0.3, -0.25) is 9.59 Å². The Labute approximate surface area is 120 Å². The van der Waals surface area contributed by atoms with Crippen LogP contribution in [0.1, 0.15) is 39.0 Å². The Balaban J connectivity index is 0.00000180. The van der Waals surface area contributed by atoms with E-state index in [0.29, 0.717) is 6.54 Å². The molecule has 0 radical (unpaired) electrons. The van der Waals surface area contributed by atoms with Crippen molar-refractivity contribution in [2.24, 2.45) is 11.7 Å². The Morgan fingerprint density at radius 2 is 2.00 bits per heavy atom. The molecular formula is C13H24ClN3O2. The number of piperidine rings is 1. The van der Waals surface area contributed by atoms with Crippen molar-refractivity contribution in [3.8, 4) is 0 Å². The number of nitrogens with one attached hydrogen (secondary N) is 1. The number of amides is 2. The molecule has 1 saturated carbocycles. The number of nitrogens with two attached hydrogens (primary N) is 1. The van der Waals surface area contributed by atoms with E-state index in [1.165, 1.54) is 6.92 Å². The summed E-state index contributed by atoms with van der Waals surface area (Å²) in [5, 5.41) is 2.91. The number of likely N-dealkylation sites (tertiary alicyclic amines) is 1. The van der Waals surface area contributed by atoms with Gasteiger partial charge in [-0.15, -0.1) is 12.4 Å². The van der Waals surface area contributed by atoms with E-state index in [0.717, 1.165) is 38.6 Å². The van der Waals surface area contributed by atoms with Crippen LogP contribution in [0.3, 0.4) is 0 Å². The van der Waals surface area contributed by atoms with Crippen LogP contribution in [0.25, 0.3) is 0 Å². The van der Waals surface area contributed by atoms with Crippen LogP contribution in [-0.4, -0.2) is 41.9 Å². The normalized spacial score (nSPS) is 30.6. The number of halogens is 1. The maximum absolute atomic E-state index is 12.3. The van der Waals surface area contributed by atoms with Crippen LogP contribution in [0, 0.1) is 5.92 Å². The quantitative estimate of drug-likeness (QED) is 0.784. The predicted octanol–water partition coefficient (Wildman–Crippen LogP) is 0.663. The molecule has 1 aliphatic heterocycles. The molecule has 0 aromatic carbocycles. The number of carbonyl (C=O) groups is 2. The molecule has 19 heavy (non-hydrogen) atoms. The third-order valence-electron chi connectivity index (χ3n) is 3.96. The van der Waals surface area contributed by atoms with Gasteiger partial charge in [-0.2, -0.15) is 0 Å². The highest BCUT2D eigenvalue weighted by Gasteiger charge is 2.33. The second-order valence-corrected chi connectivity index (χ2v) is 5.59. The molecule has 6 heteroatoms. The summed E-state index contributed by atoms with van der Waals surface area (Å²) in [5.41, 5.74) is 5.86. The number of hydrogen-bond donors (Lipinski definition) is 2. The van der Waals surface area contributed by atoms with Gasteiger partial charge < -0.3 is 16.0 Å². The third-order valence-corrected chi connectivity index (χ3v) is 3.96. The SMILES string of the molecule is CC(=O)NC1CCCN(C(=O)C2CCC(N)C2)C1.Cl. The van der Waals surface area contributed by atoms with E-state index in [9.17, 15) is 9.59 Å². The van der Waals surface area contributed by atoms with E-state index in [-0.39, 0.29) is 42.2 Å². The summed E-state index contributed by atoms with van der Waals surface area (Å²) in [7, 11) is 0. The number of nitrogens with zero attached hydrogens (tertiary/aromatic N) is 1. The van der Waals surface area contributed by atoms with Gasteiger partial charge in [-0.25, -0.2) is 0 Å². The molecule has 0 aromatic rings. The maximum atomic E-state index is 12.3. The summed E-state index contributed by atoms with van der Waals surface area (Å²) >= 11 is 0. The van der Waals surface area contributed by atoms with Gasteiger partial charge in [0.05, 0.1) is 0 Å². The van der Waals surface area contributed by atoms with E-state index in [1.54, 1.807) is 0 Å². The van der Waals surface area contributed by atoms with Crippen LogP contribution in [0.4, 0.5) is 0 Å². The Bertz CT molecular complexity index is 338. The third kappa shape index (κ3) is 4.35. The molecule has 2 amide bonds. The summed E-state index contributed by atoms with van der Waals surface area (Å²) in [6.45, 7) is 3.00. The lowest BCUT2D eigenvalue weighted by Gasteiger charge is -2.34. The van der Waals surface area contributed by atoms with Gasteiger partial charge in [0, 0.05) is 38.0 Å². The zero-order valence-electron chi connectivity index (χ0n) is 11.4. The summed E-state index contributed by atoms with van der Waals surface area (Å²) in [5.74, 6) is 0.325. The molecule has 0 aromatic heterocycles. The molecule has 1 heterocycles. The fourth-order valence-corrected chi connectivity index (χ4v) is 3.08. The molecule has 2 rings (SSSR count). The van der Waals surface area contributed by atoms with Crippen molar-refractivity contribution in [1.82, 2.24) is 10.2 Å². The maximum Gasteiger partial charge on any atom is 0.225 e. The van der Waals surface area contributed by atoms with E-state index in [4.69, 9.17) is 5.73 Å². The summed E-state index contributed by atoms with van der Waals surface area (Å²) < 4.78 is 0. The van der Waals surface area contributed by atoms with Crippen molar-refractivity contribution in [1.29, 1.82) is 0 Å². The predicted molar refractivity (Wildman–Crippen MR) is 76.0 cm³/mol. The molecule has 0 spiro atoms. The summed E-state index contributed by atoms with van der Waals surface area (Å²) in [4.78, 5) is 25.3. The molecule has 3 N–H and O–H groups in total. The first kappa shape index (κ1) is 16.2. The molecule has 3 atom stereocenters. The van der Waals surface area contributed by atoms with Crippen molar-refractivity contribution in [3.63, 3.8) is 0 Å². The second-order valence-electron chi connectivity index (χ2n) is 5.59. The van der Waals surface area contributed by atoms with Crippen LogP contribution in [0.15, 0.2) is 0 Å². The average Bonchev–Trinajstić information content (AvgIpc) is 2.74. The lowest BCUT2D eigenvalue weighted by Crippen LogP contribution is -2.50. The van der Waals surface area contributed by atoms with E-state index >= 15 is 0 Å². The lowest BCUT2D eigenvalue weighted by atomic mass is 10.0. The molecule has 1 aliphatic carbocycles. The van der Waals surface area contributed by atoms with E-state index in [1.807, 2.05) is 4.90 Å². The first-order valence-electron chi connectivity index (χ1n) is 6.87. The van der Waals surface area contributed by atoms with Gasteiger partial charge in [0.2, 0.25) is 11.8 Å². The van der Waals surface area contributed by atoms with Gasteiger partial charge >= 0.3 is 0 Å². The van der Waals surface area contributed by atoms with Crippen LogP contribution < -0.4 is 11.1 Å². The summed E-state index contributed by atoms with van der Waals surface area (Å²) in [6.07, 6.45) is 4.63. The van der Waals surface area contributed by atoms with Gasteiger partial charge in [0.1, 0.15) is 0 Å². The minimum absolute atomic E-state index is 0. The monoisotopic (exact) mass is 289 g/mol. The summed E-state index contributed by atoms with van der Waals surface area (Å²) in [6, 6.07) is 0.310. The Morgan fingerprint density at radius 3 is 2.58 bits per heavy atom. The van der Waals surface area contributed by atoms with Crippen molar-refractivity contribution in [2.75, 3.05) is 13.1 Å². The first-order chi connectivity index (χ1) is 8.56. The average molecular weight is 290 g/mol. The van der Waals surface area contributed by atoms with Crippen LogP contribution in [0.2, 0.25) is 0 Å². The molecule has 3 unspecified atom stereocenters. The second kappa shape index (κ2) is 7.10. The molecule has 5 nitrogen and oxygen atoms in total. The van der Waals surface area contributed by atoms with Gasteiger partial charge in [-0.1, -0.05) is 0 Å². The molecule has 110 valence electrons. The number of rotatable bonds is 2. The largest absolute Gasteiger partial charge is 0.352 e. The smallest absolute Gasteiger partial charge is 0.225 e. The van der Waals surface area contributed by atoms with Crippen molar-refractivity contribution < 1.29 is 9.59 Å². The van der Waals surface area contributed by atoms with E-state index in [2.05, 4.69) is 5.32 Å². The minimum Gasteiger partial charge on any atom is -0.352 e. The standard InChI is InChI=1S/C13H23N3O2.ClH/c1-9(17)15-12-3-2-6-16(8-12)13(18)10-4-5-11(14)7-10;/h10-12H,2-8,14H2,1H3,(H,15,17);1H. The molecule has 0 bridgehead atoms. The molecule has 2 aliphatic rings. The fraction of sp³-hybridized carbons (Fsp3) is 0.846. The van der Waals surface area contributed by atoms with E-state index < -0.39 is 0 Å². The zero-order valence-corrected chi connectivity index (χ0v) is 12.2. The topological polar surface area (TPSA) is 75.4 Å². The Hall–Kier alpha value is -0.810. The van der Waals surface area contributed by atoms with Crippen molar-refractivity contribution >= 4 is 24.2 Å². The Kier molecular flexibility index (Phi) is 6.07. The van der Waals surface area contributed by atoms with Crippen LogP contribution >= 0.6 is 12.4 Å². The van der Waals surface area contributed by atoms with Crippen molar-refractivity contribution in [3.05, 3.63) is 0 Å². The molecule has 1 saturated heterocycles. The van der Waals surface area contributed by atoms with Crippen molar-refractivity contribution in [2.45, 2.75) is 51.1 Å². The Morgan fingerprint density at radius 1 is 1.26 bits per heavy atom. The highest BCUT2D eigenvalue weighted by molar-refractivity contribution is 5.85. The lowest BCUT2D eigenvalue weighted by molar-refractivity contribution is -0.137. The minimum atomic E-state index is -0.0165. The van der Waals surface area contributed by atoms with Gasteiger partial charge in [0.25, 0.3) is 0 Å². The van der Waals surface area contributed by atoms with Crippen LogP contribution in [0.5, 0.6) is 0 Å². The molecule has 2 fully saturated rings. The number of hydrogen-bond acceptors (Lipinski definition) is 3. The highest BCUT2D eigenvalue weighted by Crippen LogP contribution is 2.27. The number of carbonyl (C=O) groups excluding carboxylic acids is 2. The zero-order chi connectivity index (χ0) is 13.1. The van der Waals surface area contributed by atoms with Gasteiger partial charge in [-0.05, 0) is 32.1 Å². The van der Waals surface area contributed by atoms with Crippen LogP contribution in [-0.2, 0) is 9.59 Å². The highest BCUT2D eigenvalue weighted by atomic mass is 35.5.